The summed E-state index contributed by atoms with van der Waals surface area (Å²) in [6, 6.07) is 0. The number of carboxylic acids is 1. The lowest BCUT2D eigenvalue weighted by Crippen LogP contribution is -2.37. The van der Waals surface area contributed by atoms with Gasteiger partial charge in [-0.2, -0.15) is 0 Å². The number of nitrogens with zero attached hydrogens (tertiary/aromatic N) is 1. The van der Waals surface area contributed by atoms with Crippen LogP contribution in [-0.4, -0.2) is 35.0 Å². The largest absolute Gasteiger partial charge is 0.481 e. The van der Waals surface area contributed by atoms with Crippen molar-refractivity contribution >= 4 is 11.9 Å². The van der Waals surface area contributed by atoms with Crippen molar-refractivity contribution < 1.29 is 14.7 Å². The van der Waals surface area contributed by atoms with Crippen LogP contribution in [0.5, 0.6) is 0 Å². The second kappa shape index (κ2) is 6.03. The first kappa shape index (κ1) is 14.0. The van der Waals surface area contributed by atoms with Crippen LogP contribution in [0.1, 0.15) is 40.0 Å². The van der Waals surface area contributed by atoms with Crippen LogP contribution in [0.3, 0.4) is 0 Å². The maximum atomic E-state index is 12.2. The molecule has 4 heteroatoms. The van der Waals surface area contributed by atoms with E-state index in [-0.39, 0.29) is 17.7 Å². The van der Waals surface area contributed by atoms with Gasteiger partial charge in [0.25, 0.3) is 0 Å². The molecule has 0 spiro atoms. The molecule has 0 aromatic heterocycles. The predicted molar refractivity (Wildman–Crippen MR) is 65.6 cm³/mol. The van der Waals surface area contributed by atoms with Crippen LogP contribution >= 0.6 is 0 Å². The third kappa shape index (κ3) is 3.72. The molecule has 0 aromatic carbocycles. The minimum atomic E-state index is -0.757. The zero-order chi connectivity index (χ0) is 13.0. The number of hydrogen-bond donors (Lipinski definition) is 1. The van der Waals surface area contributed by atoms with Crippen LogP contribution in [-0.2, 0) is 9.59 Å². The molecule has 98 valence electrons. The fourth-order valence-corrected chi connectivity index (χ4v) is 2.50. The van der Waals surface area contributed by atoms with E-state index < -0.39 is 5.97 Å². The molecule has 1 saturated carbocycles. The number of amides is 1. The second-order valence-electron chi connectivity index (χ2n) is 5.32. The normalized spacial score (nSPS) is 24.0. The molecule has 1 N–H and O–H groups in total. The van der Waals surface area contributed by atoms with Crippen molar-refractivity contribution in [2.75, 3.05) is 13.1 Å². The van der Waals surface area contributed by atoms with E-state index in [1.54, 1.807) is 0 Å². The zero-order valence-corrected chi connectivity index (χ0v) is 11.0. The van der Waals surface area contributed by atoms with Gasteiger partial charge in [0.1, 0.15) is 0 Å². The second-order valence-corrected chi connectivity index (χ2v) is 5.32. The SMILES string of the molecule is CCN(CC(C)C)C(=O)[C@@H]1CC[C@H](C(=O)O)C1. The highest BCUT2D eigenvalue weighted by Crippen LogP contribution is 2.32. The summed E-state index contributed by atoms with van der Waals surface area (Å²) in [5.74, 6) is -0.552. The lowest BCUT2D eigenvalue weighted by atomic mass is 10.0. The van der Waals surface area contributed by atoms with Gasteiger partial charge >= 0.3 is 5.97 Å². The van der Waals surface area contributed by atoms with Crippen LogP contribution in [0.2, 0.25) is 0 Å². The number of carbonyl (C=O) groups excluding carboxylic acids is 1. The summed E-state index contributed by atoms with van der Waals surface area (Å²) in [6.45, 7) is 7.63. The van der Waals surface area contributed by atoms with Crippen molar-refractivity contribution in [1.29, 1.82) is 0 Å². The van der Waals surface area contributed by atoms with Gasteiger partial charge in [-0.05, 0) is 32.1 Å². The van der Waals surface area contributed by atoms with Crippen molar-refractivity contribution in [2.24, 2.45) is 17.8 Å². The average Bonchev–Trinajstić information content (AvgIpc) is 2.73. The standard InChI is InChI=1S/C13H23NO3/c1-4-14(8-9(2)3)12(15)10-5-6-11(7-10)13(16)17/h9-11H,4-8H2,1-3H3,(H,16,17)/t10-,11+/m1/s1. The molecule has 0 radical (unpaired) electrons. The third-order valence-corrected chi connectivity index (χ3v) is 3.41. The molecule has 0 heterocycles. The van der Waals surface area contributed by atoms with E-state index in [1.165, 1.54) is 0 Å². The Morgan fingerprint density at radius 3 is 2.29 bits per heavy atom. The highest BCUT2D eigenvalue weighted by Gasteiger charge is 2.35. The smallest absolute Gasteiger partial charge is 0.306 e. The van der Waals surface area contributed by atoms with Crippen LogP contribution in [0.25, 0.3) is 0 Å². The predicted octanol–water partition coefficient (Wildman–Crippen LogP) is 1.99. The van der Waals surface area contributed by atoms with E-state index in [4.69, 9.17) is 5.11 Å². The quantitative estimate of drug-likeness (QED) is 0.800. The number of carboxylic acid groups (broad SMARTS) is 1. The number of aliphatic carboxylic acids is 1. The minimum Gasteiger partial charge on any atom is -0.481 e. The number of rotatable bonds is 5. The van der Waals surface area contributed by atoms with Gasteiger partial charge < -0.3 is 10.0 Å². The van der Waals surface area contributed by atoms with Gasteiger partial charge in [-0.25, -0.2) is 0 Å². The molecular weight excluding hydrogens is 218 g/mol. The maximum Gasteiger partial charge on any atom is 0.306 e. The molecule has 1 aliphatic carbocycles. The summed E-state index contributed by atoms with van der Waals surface area (Å²) >= 11 is 0. The minimum absolute atomic E-state index is 0.0743. The Kier molecular flexibility index (Phi) is 4.97. The van der Waals surface area contributed by atoms with E-state index in [0.29, 0.717) is 25.3 Å². The lowest BCUT2D eigenvalue weighted by molar-refractivity contribution is -0.141. The van der Waals surface area contributed by atoms with Crippen molar-refractivity contribution in [3.8, 4) is 0 Å². The molecule has 17 heavy (non-hydrogen) atoms. The van der Waals surface area contributed by atoms with E-state index in [1.807, 2.05) is 11.8 Å². The van der Waals surface area contributed by atoms with Crippen molar-refractivity contribution in [3.05, 3.63) is 0 Å². The Morgan fingerprint density at radius 1 is 1.29 bits per heavy atom. The van der Waals surface area contributed by atoms with Crippen LogP contribution in [0.4, 0.5) is 0 Å². The molecule has 1 rings (SSSR count). The van der Waals surface area contributed by atoms with Crippen LogP contribution in [0.15, 0.2) is 0 Å². The average molecular weight is 241 g/mol. The van der Waals surface area contributed by atoms with Crippen molar-refractivity contribution in [1.82, 2.24) is 4.90 Å². The van der Waals surface area contributed by atoms with Crippen molar-refractivity contribution in [3.63, 3.8) is 0 Å². The summed E-state index contributed by atoms with van der Waals surface area (Å²) in [6.07, 6.45) is 1.89. The summed E-state index contributed by atoms with van der Waals surface area (Å²) < 4.78 is 0. The molecule has 0 bridgehead atoms. The molecule has 0 unspecified atom stereocenters. The van der Waals surface area contributed by atoms with E-state index in [0.717, 1.165) is 13.0 Å². The fraction of sp³-hybridized carbons (Fsp3) is 0.846. The molecule has 0 aliphatic heterocycles. The first-order valence-electron chi connectivity index (χ1n) is 6.47. The fourth-order valence-electron chi connectivity index (χ4n) is 2.50. The highest BCUT2D eigenvalue weighted by atomic mass is 16.4. The molecule has 4 nitrogen and oxygen atoms in total. The topological polar surface area (TPSA) is 57.6 Å². The van der Waals surface area contributed by atoms with Gasteiger partial charge in [-0.3, -0.25) is 9.59 Å². The summed E-state index contributed by atoms with van der Waals surface area (Å²) in [5.41, 5.74) is 0. The summed E-state index contributed by atoms with van der Waals surface area (Å²) in [4.78, 5) is 24.9. The van der Waals surface area contributed by atoms with Gasteiger partial charge in [0.15, 0.2) is 0 Å². The summed E-state index contributed by atoms with van der Waals surface area (Å²) in [7, 11) is 0. The maximum absolute atomic E-state index is 12.2. The Bertz CT molecular complexity index is 288. The molecule has 2 atom stereocenters. The molecule has 1 amide bonds. The van der Waals surface area contributed by atoms with E-state index in [9.17, 15) is 9.59 Å². The Balaban J connectivity index is 2.55. The van der Waals surface area contributed by atoms with E-state index in [2.05, 4.69) is 13.8 Å². The molecule has 1 aliphatic rings. The molecule has 1 fully saturated rings. The van der Waals surface area contributed by atoms with Gasteiger partial charge in [-0.1, -0.05) is 13.8 Å². The van der Waals surface area contributed by atoms with Gasteiger partial charge in [-0.15, -0.1) is 0 Å². The first-order chi connectivity index (χ1) is 7.95. The monoisotopic (exact) mass is 241 g/mol. The Morgan fingerprint density at radius 2 is 1.88 bits per heavy atom. The van der Waals surface area contributed by atoms with Gasteiger partial charge in [0, 0.05) is 19.0 Å². The van der Waals surface area contributed by atoms with Crippen molar-refractivity contribution in [2.45, 2.75) is 40.0 Å². The highest BCUT2D eigenvalue weighted by molar-refractivity contribution is 5.81. The van der Waals surface area contributed by atoms with Gasteiger partial charge in [0.2, 0.25) is 5.91 Å². The summed E-state index contributed by atoms with van der Waals surface area (Å²) in [5, 5.41) is 8.93. The first-order valence-corrected chi connectivity index (χ1v) is 6.47. The lowest BCUT2D eigenvalue weighted by Gasteiger charge is -2.26. The third-order valence-electron chi connectivity index (χ3n) is 3.41. The van der Waals surface area contributed by atoms with Gasteiger partial charge in [0.05, 0.1) is 5.92 Å². The van der Waals surface area contributed by atoms with E-state index >= 15 is 0 Å². The number of carbonyl (C=O) groups is 2. The van der Waals surface area contributed by atoms with Crippen LogP contribution < -0.4 is 0 Å². The molecule has 0 aromatic rings. The Labute approximate surface area is 103 Å². The molecule has 0 saturated heterocycles. The zero-order valence-electron chi connectivity index (χ0n) is 11.0. The molecular formula is C13H23NO3. The van der Waals surface area contributed by atoms with Crippen LogP contribution in [0, 0.1) is 17.8 Å². The number of hydrogen-bond acceptors (Lipinski definition) is 2. The Hall–Kier alpha value is -1.06.